The van der Waals surface area contributed by atoms with Crippen LogP contribution in [0.1, 0.15) is 29.0 Å². The third-order valence-electron chi connectivity index (χ3n) is 2.85. The average molecular weight is 379 g/mol. The third-order valence-corrected chi connectivity index (χ3v) is 5.79. The minimum Gasteiger partial charge on any atom is -0.306 e. The zero-order chi connectivity index (χ0) is 14.0. The van der Waals surface area contributed by atoms with Crippen LogP contribution in [0.3, 0.4) is 0 Å². The largest absolute Gasteiger partial charge is 0.306 e. The van der Waals surface area contributed by atoms with E-state index in [4.69, 9.17) is 23.2 Å². The van der Waals surface area contributed by atoms with Crippen molar-refractivity contribution in [3.05, 3.63) is 54.1 Å². The van der Waals surface area contributed by atoms with Crippen molar-refractivity contribution in [2.24, 2.45) is 0 Å². The number of thiophene rings is 1. The van der Waals surface area contributed by atoms with Gasteiger partial charge in [-0.3, -0.25) is 0 Å². The van der Waals surface area contributed by atoms with Gasteiger partial charge in [0, 0.05) is 4.88 Å². The van der Waals surface area contributed by atoms with Crippen molar-refractivity contribution in [3.8, 4) is 0 Å². The van der Waals surface area contributed by atoms with Gasteiger partial charge in [0.2, 0.25) is 0 Å². The smallest absolute Gasteiger partial charge is 0.0731 e. The number of aryl methyl sites for hydroxylation is 1. The molecule has 1 aromatic carbocycles. The van der Waals surface area contributed by atoms with Crippen molar-refractivity contribution < 1.29 is 0 Å². The molecule has 2 rings (SSSR count). The van der Waals surface area contributed by atoms with Gasteiger partial charge in [-0.15, -0.1) is 11.3 Å². The minimum absolute atomic E-state index is 0.148. The lowest BCUT2D eigenvalue weighted by atomic mass is 10.0. The summed E-state index contributed by atoms with van der Waals surface area (Å²) in [5.74, 6) is 0. The highest BCUT2D eigenvalue weighted by Gasteiger charge is 2.17. The van der Waals surface area contributed by atoms with Gasteiger partial charge in [0.25, 0.3) is 0 Å². The van der Waals surface area contributed by atoms with Gasteiger partial charge in [-0.05, 0) is 58.7 Å². The molecule has 1 atom stereocenters. The molecule has 1 nitrogen and oxygen atoms in total. The highest BCUT2D eigenvalue weighted by molar-refractivity contribution is 9.11. The number of hydrogen-bond acceptors (Lipinski definition) is 2. The predicted octanol–water partition coefficient (Wildman–Crippen LogP) is 5.82. The van der Waals surface area contributed by atoms with E-state index in [9.17, 15) is 0 Å². The van der Waals surface area contributed by atoms with Gasteiger partial charge in [0.1, 0.15) is 0 Å². The average Bonchev–Trinajstić information content (AvgIpc) is 2.70. The zero-order valence-corrected chi connectivity index (χ0v) is 14.6. The first-order valence-corrected chi connectivity index (χ1v) is 8.33. The Labute approximate surface area is 136 Å². The summed E-state index contributed by atoms with van der Waals surface area (Å²) >= 11 is 17.4. The molecule has 0 spiro atoms. The SMILES string of the molecule is CCNC(c1ccc(Cl)c(Cl)c1)c1cc(C)c(Br)s1. The zero-order valence-electron chi connectivity index (χ0n) is 10.6. The molecule has 1 aromatic heterocycles. The van der Waals surface area contributed by atoms with Crippen molar-refractivity contribution in [3.63, 3.8) is 0 Å². The molecular weight excluding hydrogens is 365 g/mol. The van der Waals surface area contributed by atoms with Gasteiger partial charge in [-0.1, -0.05) is 36.2 Å². The standard InChI is InChI=1S/C14H14BrCl2NS/c1-3-18-13(12-6-8(2)14(15)19-12)9-4-5-10(16)11(17)7-9/h4-7,13,18H,3H2,1-2H3. The van der Waals surface area contributed by atoms with Crippen molar-refractivity contribution in [1.29, 1.82) is 0 Å². The van der Waals surface area contributed by atoms with Crippen LogP contribution in [0, 0.1) is 6.92 Å². The van der Waals surface area contributed by atoms with Crippen molar-refractivity contribution in [2.45, 2.75) is 19.9 Å². The molecule has 0 saturated heterocycles. The fraction of sp³-hybridized carbons (Fsp3) is 0.286. The molecule has 1 unspecified atom stereocenters. The second kappa shape index (κ2) is 6.59. The van der Waals surface area contributed by atoms with Gasteiger partial charge in [-0.2, -0.15) is 0 Å². The molecule has 5 heteroatoms. The summed E-state index contributed by atoms with van der Waals surface area (Å²) in [6.07, 6.45) is 0. The van der Waals surface area contributed by atoms with Crippen LogP contribution in [0.2, 0.25) is 10.0 Å². The molecule has 0 saturated carbocycles. The highest BCUT2D eigenvalue weighted by Crippen LogP contribution is 2.35. The number of rotatable bonds is 4. The van der Waals surface area contributed by atoms with Crippen LogP contribution in [-0.2, 0) is 0 Å². The Bertz CT molecular complexity index is 563. The first kappa shape index (κ1) is 15.3. The van der Waals surface area contributed by atoms with E-state index in [0.29, 0.717) is 10.0 Å². The van der Waals surface area contributed by atoms with Gasteiger partial charge in [0.05, 0.1) is 19.9 Å². The van der Waals surface area contributed by atoms with E-state index in [1.165, 1.54) is 14.2 Å². The van der Waals surface area contributed by atoms with Crippen LogP contribution in [0.15, 0.2) is 28.1 Å². The van der Waals surface area contributed by atoms with E-state index in [2.05, 4.69) is 41.2 Å². The Kier molecular flexibility index (Phi) is 5.32. The van der Waals surface area contributed by atoms with Crippen LogP contribution < -0.4 is 5.32 Å². The summed E-state index contributed by atoms with van der Waals surface area (Å²) in [4.78, 5) is 1.27. The normalized spacial score (nSPS) is 12.7. The predicted molar refractivity (Wildman–Crippen MR) is 88.7 cm³/mol. The first-order valence-electron chi connectivity index (χ1n) is 5.97. The van der Waals surface area contributed by atoms with Crippen LogP contribution in [0.4, 0.5) is 0 Å². The summed E-state index contributed by atoms with van der Waals surface area (Å²) in [5.41, 5.74) is 2.38. The van der Waals surface area contributed by atoms with Crippen LogP contribution in [0.5, 0.6) is 0 Å². The molecule has 0 bridgehead atoms. The lowest BCUT2D eigenvalue weighted by Gasteiger charge is -2.17. The molecule has 0 aliphatic carbocycles. The molecule has 0 radical (unpaired) electrons. The van der Waals surface area contributed by atoms with Gasteiger partial charge in [-0.25, -0.2) is 0 Å². The molecule has 0 aliphatic rings. The maximum absolute atomic E-state index is 6.12. The Hall–Kier alpha value is -0.0600. The lowest BCUT2D eigenvalue weighted by Crippen LogP contribution is -2.21. The topological polar surface area (TPSA) is 12.0 Å². The van der Waals surface area contributed by atoms with E-state index >= 15 is 0 Å². The molecule has 1 N–H and O–H groups in total. The fourth-order valence-corrected chi connectivity index (χ4v) is 3.89. The molecule has 0 amide bonds. The monoisotopic (exact) mass is 377 g/mol. The van der Waals surface area contributed by atoms with Crippen LogP contribution >= 0.6 is 50.5 Å². The summed E-state index contributed by atoms with van der Waals surface area (Å²) < 4.78 is 1.17. The molecule has 19 heavy (non-hydrogen) atoms. The first-order chi connectivity index (χ1) is 9.02. The number of halogens is 3. The quantitative estimate of drug-likeness (QED) is 0.706. The van der Waals surface area contributed by atoms with E-state index in [-0.39, 0.29) is 6.04 Å². The Morgan fingerprint density at radius 2 is 2.00 bits per heavy atom. The molecule has 2 aromatic rings. The third kappa shape index (κ3) is 3.53. The summed E-state index contributed by atoms with van der Waals surface area (Å²) in [7, 11) is 0. The molecule has 102 valence electrons. The Morgan fingerprint density at radius 3 is 2.53 bits per heavy atom. The highest BCUT2D eigenvalue weighted by atomic mass is 79.9. The summed E-state index contributed by atoms with van der Waals surface area (Å²) in [6.45, 7) is 5.08. The minimum atomic E-state index is 0.148. The summed E-state index contributed by atoms with van der Waals surface area (Å²) in [6, 6.07) is 8.14. The molecule has 0 aliphatic heterocycles. The molecule has 0 fully saturated rings. The van der Waals surface area contributed by atoms with Crippen LogP contribution in [0.25, 0.3) is 0 Å². The molecular formula is C14H14BrCl2NS. The van der Waals surface area contributed by atoms with Crippen molar-refractivity contribution >= 4 is 50.5 Å². The number of nitrogens with one attached hydrogen (secondary N) is 1. The van der Waals surface area contributed by atoms with Crippen LogP contribution in [-0.4, -0.2) is 6.54 Å². The second-order valence-electron chi connectivity index (χ2n) is 4.27. The second-order valence-corrected chi connectivity index (χ2v) is 7.49. The van der Waals surface area contributed by atoms with Crippen molar-refractivity contribution in [1.82, 2.24) is 5.32 Å². The lowest BCUT2D eigenvalue weighted by molar-refractivity contribution is 0.639. The maximum atomic E-state index is 6.12. The van der Waals surface area contributed by atoms with Gasteiger partial charge < -0.3 is 5.32 Å². The number of benzene rings is 1. The van der Waals surface area contributed by atoms with E-state index < -0.39 is 0 Å². The Balaban J connectivity index is 2.41. The maximum Gasteiger partial charge on any atom is 0.0731 e. The van der Waals surface area contributed by atoms with Gasteiger partial charge >= 0.3 is 0 Å². The van der Waals surface area contributed by atoms with E-state index in [1.54, 1.807) is 11.3 Å². The van der Waals surface area contributed by atoms with E-state index in [1.807, 2.05) is 18.2 Å². The molecule has 1 heterocycles. The van der Waals surface area contributed by atoms with Crippen molar-refractivity contribution in [2.75, 3.05) is 6.54 Å². The van der Waals surface area contributed by atoms with Gasteiger partial charge in [0.15, 0.2) is 0 Å². The fourth-order valence-electron chi connectivity index (χ4n) is 1.90. The summed E-state index contributed by atoms with van der Waals surface area (Å²) in [5, 5.41) is 4.67. The Morgan fingerprint density at radius 1 is 1.26 bits per heavy atom. The van der Waals surface area contributed by atoms with E-state index in [0.717, 1.165) is 12.1 Å². The number of hydrogen-bond donors (Lipinski definition) is 1.